The number of nitrogens with zero attached hydrogens (tertiary/aromatic N) is 3. The minimum atomic E-state index is -0.853. The van der Waals surface area contributed by atoms with Gasteiger partial charge >= 0.3 is 6.09 Å². The van der Waals surface area contributed by atoms with Gasteiger partial charge in [-0.15, -0.1) is 0 Å². The molecule has 1 aromatic heterocycles. The van der Waals surface area contributed by atoms with E-state index in [1.54, 1.807) is 6.20 Å². The van der Waals surface area contributed by atoms with E-state index in [1.807, 2.05) is 19.9 Å². The normalized spacial score (nSPS) is 20.0. The van der Waals surface area contributed by atoms with Gasteiger partial charge in [0.15, 0.2) is 0 Å². The molecule has 1 amide bonds. The first kappa shape index (κ1) is 12.5. The third kappa shape index (κ3) is 2.32. The number of amides is 1. The molecule has 1 atom stereocenters. The lowest BCUT2D eigenvalue weighted by atomic mass is 10.1. The molecule has 1 saturated heterocycles. The van der Waals surface area contributed by atoms with Crippen molar-refractivity contribution in [1.82, 2.24) is 9.88 Å². The molecular weight excluding hydrogens is 232 g/mol. The highest BCUT2D eigenvalue weighted by atomic mass is 16.4. The number of carbonyl (C=O) groups is 1. The number of rotatable bonds is 1. The smallest absolute Gasteiger partial charge is 0.407 e. The fraction of sp³-hybridized carbons (Fsp3) is 0.500. The zero-order chi connectivity index (χ0) is 13.3. The van der Waals surface area contributed by atoms with E-state index in [1.165, 1.54) is 4.90 Å². The van der Waals surface area contributed by atoms with Gasteiger partial charge in [0.2, 0.25) is 0 Å². The summed E-state index contributed by atoms with van der Waals surface area (Å²) >= 11 is 0. The van der Waals surface area contributed by atoms with E-state index >= 15 is 0 Å². The fourth-order valence-corrected chi connectivity index (χ4v) is 2.22. The molecular formula is C12H18N4O2. The maximum atomic E-state index is 11.0. The Hall–Kier alpha value is -1.98. The van der Waals surface area contributed by atoms with Crippen molar-refractivity contribution in [3.05, 3.63) is 17.8 Å². The topological polar surface area (TPSA) is 82.7 Å². The van der Waals surface area contributed by atoms with Gasteiger partial charge in [0.25, 0.3) is 0 Å². The van der Waals surface area contributed by atoms with E-state index in [-0.39, 0.29) is 6.04 Å². The first-order chi connectivity index (χ1) is 8.49. The second kappa shape index (κ2) is 4.72. The maximum Gasteiger partial charge on any atom is 0.407 e. The van der Waals surface area contributed by atoms with Crippen molar-refractivity contribution in [2.75, 3.05) is 30.3 Å². The van der Waals surface area contributed by atoms with Crippen molar-refractivity contribution in [2.45, 2.75) is 19.9 Å². The zero-order valence-corrected chi connectivity index (χ0v) is 10.6. The Morgan fingerprint density at radius 3 is 2.83 bits per heavy atom. The van der Waals surface area contributed by atoms with Gasteiger partial charge in [-0.05, 0) is 25.5 Å². The standard InChI is InChI=1S/C12H18N4O2/c1-8-5-10(6-14-11(8)13)15-3-4-16(12(17)18)9(2)7-15/h5-6,9H,3-4,7H2,1-2H3,(H2,13,14)(H,17,18). The fourth-order valence-electron chi connectivity index (χ4n) is 2.22. The first-order valence-corrected chi connectivity index (χ1v) is 5.95. The molecule has 0 saturated carbocycles. The predicted molar refractivity (Wildman–Crippen MR) is 69.8 cm³/mol. The Morgan fingerprint density at radius 1 is 1.56 bits per heavy atom. The van der Waals surface area contributed by atoms with Gasteiger partial charge in [-0.2, -0.15) is 0 Å². The number of aromatic nitrogens is 1. The monoisotopic (exact) mass is 250 g/mol. The molecule has 0 spiro atoms. The van der Waals surface area contributed by atoms with E-state index in [2.05, 4.69) is 9.88 Å². The second-order valence-corrected chi connectivity index (χ2v) is 4.67. The van der Waals surface area contributed by atoms with Gasteiger partial charge in [0.1, 0.15) is 5.82 Å². The van der Waals surface area contributed by atoms with Crippen LogP contribution in [0.4, 0.5) is 16.3 Å². The summed E-state index contributed by atoms with van der Waals surface area (Å²) in [7, 11) is 0. The molecule has 6 heteroatoms. The van der Waals surface area contributed by atoms with Crippen LogP contribution in [0.5, 0.6) is 0 Å². The zero-order valence-electron chi connectivity index (χ0n) is 10.6. The van der Waals surface area contributed by atoms with Crippen LogP contribution in [0.1, 0.15) is 12.5 Å². The maximum absolute atomic E-state index is 11.0. The van der Waals surface area contributed by atoms with Crippen molar-refractivity contribution < 1.29 is 9.90 Å². The van der Waals surface area contributed by atoms with Crippen LogP contribution >= 0.6 is 0 Å². The Morgan fingerprint density at radius 2 is 2.28 bits per heavy atom. The highest BCUT2D eigenvalue weighted by Crippen LogP contribution is 2.21. The lowest BCUT2D eigenvalue weighted by Crippen LogP contribution is -2.53. The largest absolute Gasteiger partial charge is 0.465 e. The predicted octanol–water partition coefficient (Wildman–Crippen LogP) is 1.16. The molecule has 1 aliphatic heterocycles. The molecule has 0 radical (unpaired) electrons. The minimum Gasteiger partial charge on any atom is -0.465 e. The van der Waals surface area contributed by atoms with Crippen LogP contribution in [0.3, 0.4) is 0 Å². The van der Waals surface area contributed by atoms with E-state index in [0.717, 1.165) is 11.3 Å². The SMILES string of the molecule is Cc1cc(N2CCN(C(=O)O)C(C)C2)cnc1N. The molecule has 6 nitrogen and oxygen atoms in total. The number of hydrogen-bond donors (Lipinski definition) is 2. The molecule has 98 valence electrons. The van der Waals surface area contributed by atoms with Gasteiger partial charge in [0, 0.05) is 25.7 Å². The highest BCUT2D eigenvalue weighted by molar-refractivity contribution is 5.66. The lowest BCUT2D eigenvalue weighted by Gasteiger charge is -2.39. The quantitative estimate of drug-likeness (QED) is 0.781. The first-order valence-electron chi connectivity index (χ1n) is 5.95. The summed E-state index contributed by atoms with van der Waals surface area (Å²) in [5.74, 6) is 0.538. The molecule has 0 bridgehead atoms. The summed E-state index contributed by atoms with van der Waals surface area (Å²) in [6.45, 7) is 5.71. The Bertz CT molecular complexity index is 463. The molecule has 1 aromatic rings. The molecule has 2 heterocycles. The number of aryl methyl sites for hydroxylation is 1. The average molecular weight is 250 g/mol. The van der Waals surface area contributed by atoms with Gasteiger partial charge in [-0.25, -0.2) is 9.78 Å². The number of carboxylic acid groups (broad SMARTS) is 1. The average Bonchev–Trinajstić information content (AvgIpc) is 2.32. The lowest BCUT2D eigenvalue weighted by molar-refractivity contribution is 0.122. The number of pyridine rings is 1. The summed E-state index contributed by atoms with van der Waals surface area (Å²) in [4.78, 5) is 18.7. The van der Waals surface area contributed by atoms with Gasteiger partial charge in [0.05, 0.1) is 11.9 Å². The molecule has 3 N–H and O–H groups in total. The van der Waals surface area contributed by atoms with Crippen molar-refractivity contribution in [3.8, 4) is 0 Å². The molecule has 2 rings (SSSR count). The van der Waals surface area contributed by atoms with Crippen molar-refractivity contribution in [2.24, 2.45) is 0 Å². The number of nitrogens with two attached hydrogens (primary N) is 1. The number of piperazine rings is 1. The van der Waals surface area contributed by atoms with Crippen LogP contribution in [0, 0.1) is 6.92 Å². The molecule has 1 fully saturated rings. The Labute approximate surface area is 106 Å². The molecule has 1 aliphatic rings. The molecule has 0 aliphatic carbocycles. The molecule has 1 unspecified atom stereocenters. The van der Waals surface area contributed by atoms with Crippen molar-refractivity contribution in [1.29, 1.82) is 0 Å². The van der Waals surface area contributed by atoms with Crippen molar-refractivity contribution in [3.63, 3.8) is 0 Å². The summed E-state index contributed by atoms with van der Waals surface area (Å²) in [5.41, 5.74) is 7.64. The van der Waals surface area contributed by atoms with E-state index in [9.17, 15) is 4.79 Å². The number of hydrogen-bond acceptors (Lipinski definition) is 4. The highest BCUT2D eigenvalue weighted by Gasteiger charge is 2.27. The summed E-state index contributed by atoms with van der Waals surface area (Å²) in [6.07, 6.45) is 0.889. The Kier molecular flexibility index (Phi) is 3.27. The number of nitrogen functional groups attached to an aromatic ring is 1. The van der Waals surface area contributed by atoms with Crippen LogP contribution in [0.2, 0.25) is 0 Å². The Balaban J connectivity index is 2.12. The van der Waals surface area contributed by atoms with Crippen LogP contribution in [-0.2, 0) is 0 Å². The third-order valence-electron chi connectivity index (χ3n) is 3.34. The van der Waals surface area contributed by atoms with Crippen molar-refractivity contribution >= 4 is 17.6 Å². The van der Waals surface area contributed by atoms with Gasteiger partial charge in [-0.1, -0.05) is 0 Å². The summed E-state index contributed by atoms with van der Waals surface area (Å²) < 4.78 is 0. The second-order valence-electron chi connectivity index (χ2n) is 4.67. The minimum absolute atomic E-state index is 0.0193. The van der Waals surface area contributed by atoms with Gasteiger partial charge < -0.3 is 20.6 Å². The van der Waals surface area contributed by atoms with Crippen LogP contribution in [0.25, 0.3) is 0 Å². The van der Waals surface area contributed by atoms with E-state index in [0.29, 0.717) is 25.5 Å². The number of anilines is 2. The van der Waals surface area contributed by atoms with Crippen LogP contribution in [0.15, 0.2) is 12.3 Å². The molecule has 18 heavy (non-hydrogen) atoms. The third-order valence-corrected chi connectivity index (χ3v) is 3.34. The van der Waals surface area contributed by atoms with E-state index < -0.39 is 6.09 Å². The summed E-state index contributed by atoms with van der Waals surface area (Å²) in [5, 5.41) is 9.02. The molecule has 0 aromatic carbocycles. The van der Waals surface area contributed by atoms with E-state index in [4.69, 9.17) is 10.8 Å². The summed E-state index contributed by atoms with van der Waals surface area (Å²) in [6, 6.07) is 1.97. The van der Waals surface area contributed by atoms with Crippen LogP contribution < -0.4 is 10.6 Å². The van der Waals surface area contributed by atoms with Crippen LogP contribution in [-0.4, -0.2) is 46.8 Å². The van der Waals surface area contributed by atoms with Gasteiger partial charge in [-0.3, -0.25) is 0 Å².